The van der Waals surface area contributed by atoms with Crippen LogP contribution < -0.4 is 15.2 Å². The van der Waals surface area contributed by atoms with Crippen molar-refractivity contribution >= 4 is 32.9 Å². The first-order valence-corrected chi connectivity index (χ1v) is 13.2. The fourth-order valence-electron chi connectivity index (χ4n) is 1.81. The maximum Gasteiger partial charge on any atom is 0.223 e. The fourth-order valence-corrected chi connectivity index (χ4v) is 4.51. The highest BCUT2D eigenvalue weighted by Crippen LogP contribution is 2.15. The molecule has 0 aliphatic carbocycles. The third-order valence-corrected chi connectivity index (χ3v) is 6.73. The van der Waals surface area contributed by atoms with E-state index in [9.17, 15) is 4.79 Å². The fraction of sp³-hybridized carbons (Fsp3) is 0.538. The number of aldehydes is 1. The lowest BCUT2D eigenvalue weighted by atomic mass is 10.3. The maximum absolute atomic E-state index is 11.3. The quantitative estimate of drug-likeness (QED) is 0.626. The number of hydrogen-bond donors (Lipinski definition) is 0. The van der Waals surface area contributed by atoms with Crippen molar-refractivity contribution in [3.63, 3.8) is 0 Å². The molecular formula is C13H23NO2Si2. The molecule has 1 aromatic rings. The number of pyridine rings is 1. The molecule has 0 aliphatic rings. The third-order valence-electron chi connectivity index (χ3n) is 2.91. The largest absolute Gasteiger partial charge is 0.480 e. The van der Waals surface area contributed by atoms with Crippen LogP contribution in [0.2, 0.25) is 39.3 Å². The summed E-state index contributed by atoms with van der Waals surface area (Å²) in [5, 5.41) is 2.27. The summed E-state index contributed by atoms with van der Waals surface area (Å²) in [5.74, 6) is 0.488. The number of ether oxygens (including phenoxy) is 1. The molecule has 5 heteroatoms. The zero-order valence-electron chi connectivity index (χ0n) is 12.4. The molecule has 1 aromatic heterocycles. The molecule has 0 aliphatic heterocycles. The Kier molecular flexibility index (Phi) is 4.17. The molecule has 0 fully saturated rings. The van der Waals surface area contributed by atoms with Crippen LogP contribution in [0.25, 0.3) is 0 Å². The van der Waals surface area contributed by atoms with E-state index in [4.69, 9.17) is 4.74 Å². The van der Waals surface area contributed by atoms with Gasteiger partial charge < -0.3 is 4.74 Å². The van der Waals surface area contributed by atoms with Gasteiger partial charge in [0.15, 0.2) is 6.29 Å². The molecular weight excluding hydrogens is 258 g/mol. The minimum absolute atomic E-state index is 0.488. The summed E-state index contributed by atoms with van der Waals surface area (Å²) in [6, 6.07) is 2.14. The molecule has 0 aromatic carbocycles. The van der Waals surface area contributed by atoms with Gasteiger partial charge in [-0.3, -0.25) is 4.79 Å². The first-order valence-electron chi connectivity index (χ1n) is 6.16. The van der Waals surface area contributed by atoms with Crippen LogP contribution in [0.4, 0.5) is 0 Å². The molecule has 0 amide bonds. The Morgan fingerprint density at radius 2 is 1.67 bits per heavy atom. The summed E-state index contributed by atoms with van der Waals surface area (Å²) in [4.78, 5) is 15.9. The minimum atomic E-state index is -1.59. The van der Waals surface area contributed by atoms with E-state index in [1.54, 1.807) is 7.11 Å². The number of methoxy groups -OCH3 is 1. The second-order valence-corrected chi connectivity index (χ2v) is 16.6. The summed E-state index contributed by atoms with van der Waals surface area (Å²) < 4.78 is 5.31. The summed E-state index contributed by atoms with van der Waals surface area (Å²) in [6.07, 6.45) is 0.882. The van der Waals surface area contributed by atoms with Gasteiger partial charge in [0.1, 0.15) is 8.07 Å². The average Bonchev–Trinajstić information content (AvgIpc) is 2.24. The van der Waals surface area contributed by atoms with Crippen LogP contribution in [0.15, 0.2) is 6.07 Å². The predicted molar refractivity (Wildman–Crippen MR) is 82.1 cm³/mol. The monoisotopic (exact) mass is 281 g/mol. The highest BCUT2D eigenvalue weighted by atomic mass is 28.3. The second kappa shape index (κ2) is 4.97. The molecule has 1 rings (SSSR count). The molecule has 0 atom stereocenters. The van der Waals surface area contributed by atoms with E-state index in [1.807, 2.05) is 0 Å². The lowest BCUT2D eigenvalue weighted by Gasteiger charge is -2.24. The summed E-state index contributed by atoms with van der Waals surface area (Å²) in [6.45, 7) is 13.5. The minimum Gasteiger partial charge on any atom is -0.480 e. The van der Waals surface area contributed by atoms with Gasteiger partial charge in [-0.2, -0.15) is 0 Å². The molecule has 0 N–H and O–H groups in total. The van der Waals surface area contributed by atoms with Crippen molar-refractivity contribution in [3.05, 3.63) is 11.6 Å². The summed E-state index contributed by atoms with van der Waals surface area (Å²) in [7, 11) is -1.52. The average molecular weight is 282 g/mol. The molecule has 0 saturated carbocycles. The second-order valence-electron chi connectivity index (χ2n) is 6.60. The predicted octanol–water partition coefficient (Wildman–Crippen LogP) is 1.99. The SMILES string of the molecule is COc1nc([Si](C)(C)C)cc([Si](C)(C)C)c1C=O. The maximum atomic E-state index is 11.3. The van der Waals surface area contributed by atoms with Crippen molar-refractivity contribution < 1.29 is 9.53 Å². The van der Waals surface area contributed by atoms with Gasteiger partial charge in [0, 0.05) is 5.32 Å². The van der Waals surface area contributed by atoms with Crippen LogP contribution in [0.5, 0.6) is 5.88 Å². The van der Waals surface area contributed by atoms with Crippen molar-refractivity contribution in [2.45, 2.75) is 39.3 Å². The van der Waals surface area contributed by atoms with Crippen LogP contribution in [-0.4, -0.2) is 34.5 Å². The van der Waals surface area contributed by atoms with Gasteiger partial charge in [0.2, 0.25) is 5.88 Å². The van der Waals surface area contributed by atoms with E-state index in [-0.39, 0.29) is 0 Å². The van der Waals surface area contributed by atoms with Crippen LogP contribution in [0.3, 0.4) is 0 Å². The number of hydrogen-bond acceptors (Lipinski definition) is 3. The Hall–Kier alpha value is -0.946. The molecule has 0 saturated heterocycles. The van der Waals surface area contributed by atoms with E-state index >= 15 is 0 Å². The number of aromatic nitrogens is 1. The van der Waals surface area contributed by atoms with Gasteiger partial charge in [-0.1, -0.05) is 39.3 Å². The van der Waals surface area contributed by atoms with Gasteiger partial charge in [0.05, 0.1) is 20.7 Å². The number of carbonyl (C=O) groups excluding carboxylic acids is 1. The highest BCUT2D eigenvalue weighted by Gasteiger charge is 2.28. The molecule has 0 unspecified atom stereocenters. The Balaban J connectivity index is 3.62. The summed E-state index contributed by atoms with van der Waals surface area (Å²) in [5.41, 5.74) is 0.638. The lowest BCUT2D eigenvalue weighted by Crippen LogP contribution is -2.48. The lowest BCUT2D eigenvalue weighted by molar-refractivity contribution is 0.112. The van der Waals surface area contributed by atoms with E-state index in [0.717, 1.165) is 16.8 Å². The number of carbonyl (C=O) groups is 1. The zero-order valence-corrected chi connectivity index (χ0v) is 14.4. The van der Waals surface area contributed by atoms with Gasteiger partial charge in [0.25, 0.3) is 0 Å². The molecule has 0 radical (unpaired) electrons. The molecule has 100 valence electrons. The zero-order chi connectivity index (χ0) is 14.1. The number of rotatable bonds is 4. The van der Waals surface area contributed by atoms with Crippen LogP contribution in [0, 0.1) is 0 Å². The van der Waals surface area contributed by atoms with E-state index in [1.165, 1.54) is 0 Å². The number of nitrogens with zero attached hydrogens (tertiary/aromatic N) is 1. The first-order chi connectivity index (χ1) is 8.11. The van der Waals surface area contributed by atoms with Gasteiger partial charge in [-0.25, -0.2) is 4.98 Å². The van der Waals surface area contributed by atoms with E-state index < -0.39 is 16.1 Å². The van der Waals surface area contributed by atoms with Crippen molar-refractivity contribution in [2.75, 3.05) is 7.11 Å². The Morgan fingerprint density at radius 1 is 1.11 bits per heavy atom. The van der Waals surface area contributed by atoms with Crippen molar-refractivity contribution in [2.24, 2.45) is 0 Å². The van der Waals surface area contributed by atoms with Crippen molar-refractivity contribution in [3.8, 4) is 5.88 Å². The normalized spacial score (nSPS) is 12.4. The van der Waals surface area contributed by atoms with Gasteiger partial charge in [-0.05, 0) is 11.3 Å². The standard InChI is InChI=1S/C13H23NO2Si2/c1-16-13-10(9-15)11(17(2,3)4)8-12(14-13)18(5,6)7/h8-9H,1-7H3. The Labute approximate surface area is 112 Å². The third kappa shape index (κ3) is 3.08. The Morgan fingerprint density at radius 3 is 2.00 bits per heavy atom. The molecule has 3 nitrogen and oxygen atoms in total. The van der Waals surface area contributed by atoms with Gasteiger partial charge >= 0.3 is 0 Å². The van der Waals surface area contributed by atoms with E-state index in [0.29, 0.717) is 11.4 Å². The highest BCUT2D eigenvalue weighted by molar-refractivity contribution is 6.91. The van der Waals surface area contributed by atoms with Gasteiger partial charge in [-0.15, -0.1) is 0 Å². The Bertz CT molecular complexity index is 459. The van der Waals surface area contributed by atoms with Crippen molar-refractivity contribution in [1.82, 2.24) is 4.98 Å². The topological polar surface area (TPSA) is 39.2 Å². The van der Waals surface area contributed by atoms with Crippen LogP contribution >= 0.6 is 0 Å². The summed E-state index contributed by atoms with van der Waals surface area (Å²) >= 11 is 0. The van der Waals surface area contributed by atoms with Crippen molar-refractivity contribution in [1.29, 1.82) is 0 Å². The molecule has 0 spiro atoms. The first kappa shape index (κ1) is 15.1. The smallest absolute Gasteiger partial charge is 0.223 e. The van der Waals surface area contributed by atoms with Crippen LogP contribution in [-0.2, 0) is 0 Å². The van der Waals surface area contributed by atoms with E-state index in [2.05, 4.69) is 50.3 Å². The molecule has 1 heterocycles. The van der Waals surface area contributed by atoms with Crippen LogP contribution in [0.1, 0.15) is 10.4 Å². The molecule has 18 heavy (non-hydrogen) atoms. The molecule has 0 bridgehead atoms.